The highest BCUT2D eigenvalue weighted by atomic mass is 19.4. The Kier molecular flexibility index (Phi) is 8.78. The number of rotatable bonds is 9. The number of hydrogen-bond acceptors (Lipinski definition) is 5. The van der Waals surface area contributed by atoms with Crippen LogP contribution in [-0.2, 0) is 22.4 Å². The summed E-state index contributed by atoms with van der Waals surface area (Å²) in [6.07, 6.45) is -3.52. The van der Waals surface area contributed by atoms with Crippen molar-refractivity contribution < 1.29 is 27.5 Å². The molecule has 0 saturated heterocycles. The van der Waals surface area contributed by atoms with E-state index in [0.717, 1.165) is 17.7 Å². The number of benzene rings is 3. The minimum Gasteiger partial charge on any atom is -0.489 e. The van der Waals surface area contributed by atoms with E-state index in [2.05, 4.69) is 21.9 Å². The summed E-state index contributed by atoms with van der Waals surface area (Å²) < 4.78 is 43.9. The number of ether oxygens (including phenoxy) is 1. The molecule has 0 spiro atoms. The molecule has 2 N–H and O–H groups in total. The van der Waals surface area contributed by atoms with Crippen LogP contribution >= 0.6 is 0 Å². The van der Waals surface area contributed by atoms with Gasteiger partial charge in [0, 0.05) is 24.1 Å². The lowest BCUT2D eigenvalue weighted by molar-refractivity contribution is -0.137. The van der Waals surface area contributed by atoms with E-state index in [-0.39, 0.29) is 25.1 Å². The number of nitrogens with zero attached hydrogens (tertiary/aromatic N) is 2. The first kappa shape index (κ1) is 26.0. The Morgan fingerprint density at radius 3 is 2.42 bits per heavy atom. The smallest absolute Gasteiger partial charge is 0.416 e. The number of carbonyl (C=O) groups excluding carboxylic acids is 2. The number of hydrogen-bond donors (Lipinski definition) is 2. The van der Waals surface area contributed by atoms with Crippen molar-refractivity contribution in [2.75, 3.05) is 5.32 Å². The van der Waals surface area contributed by atoms with Crippen molar-refractivity contribution in [3.8, 4) is 11.8 Å². The number of nitriles is 1. The number of hydrazone groups is 1. The molecule has 0 aliphatic heterocycles. The second kappa shape index (κ2) is 12.2. The van der Waals surface area contributed by atoms with Crippen LogP contribution in [0.3, 0.4) is 0 Å². The van der Waals surface area contributed by atoms with Crippen LogP contribution in [0.25, 0.3) is 0 Å². The van der Waals surface area contributed by atoms with Crippen LogP contribution in [0.1, 0.15) is 35.1 Å². The van der Waals surface area contributed by atoms with Crippen molar-refractivity contribution in [1.82, 2.24) is 5.43 Å². The van der Waals surface area contributed by atoms with Crippen molar-refractivity contribution in [3.63, 3.8) is 0 Å². The summed E-state index contributed by atoms with van der Waals surface area (Å²) in [7, 11) is 0. The van der Waals surface area contributed by atoms with Crippen LogP contribution in [-0.4, -0.2) is 18.0 Å². The highest BCUT2D eigenvalue weighted by Crippen LogP contribution is 2.30. The fourth-order valence-corrected chi connectivity index (χ4v) is 3.02. The van der Waals surface area contributed by atoms with Crippen molar-refractivity contribution in [1.29, 1.82) is 5.26 Å². The Morgan fingerprint density at radius 1 is 0.972 bits per heavy atom. The molecule has 36 heavy (non-hydrogen) atoms. The largest absolute Gasteiger partial charge is 0.489 e. The molecular formula is C26H21F3N4O3. The Labute approximate surface area is 205 Å². The highest BCUT2D eigenvalue weighted by Gasteiger charge is 2.30. The lowest BCUT2D eigenvalue weighted by Gasteiger charge is -2.09. The van der Waals surface area contributed by atoms with Gasteiger partial charge in [-0.05, 0) is 54.1 Å². The van der Waals surface area contributed by atoms with Crippen LogP contribution in [0, 0.1) is 11.3 Å². The summed E-state index contributed by atoms with van der Waals surface area (Å²) >= 11 is 0. The second-order valence-corrected chi connectivity index (χ2v) is 7.55. The van der Waals surface area contributed by atoms with E-state index in [1.807, 2.05) is 12.1 Å². The van der Waals surface area contributed by atoms with E-state index < -0.39 is 23.6 Å². The van der Waals surface area contributed by atoms with Crippen LogP contribution in [0.5, 0.6) is 5.75 Å². The summed E-state index contributed by atoms with van der Waals surface area (Å²) in [5, 5.41) is 15.3. The molecule has 3 aromatic carbocycles. The molecule has 2 amide bonds. The number of anilines is 1. The maximum absolute atomic E-state index is 12.7. The third kappa shape index (κ3) is 7.99. The van der Waals surface area contributed by atoms with Gasteiger partial charge in [0.2, 0.25) is 11.8 Å². The van der Waals surface area contributed by atoms with Gasteiger partial charge in [-0.3, -0.25) is 9.59 Å². The normalized spacial score (nSPS) is 11.1. The SMILES string of the molecule is N#Cc1ccccc1COc1ccc(C=NNC(=O)CCC(=O)Nc2cccc(C(F)(F)F)c2)cc1. The fourth-order valence-electron chi connectivity index (χ4n) is 3.02. The van der Waals surface area contributed by atoms with Crippen molar-refractivity contribution >= 4 is 23.7 Å². The average molecular weight is 494 g/mol. The summed E-state index contributed by atoms with van der Waals surface area (Å²) in [5.74, 6) is -0.529. The predicted octanol–water partition coefficient (Wildman–Crippen LogP) is 5.03. The zero-order valence-corrected chi connectivity index (χ0v) is 18.9. The molecule has 0 radical (unpaired) electrons. The van der Waals surface area contributed by atoms with Crippen molar-refractivity contribution in [2.45, 2.75) is 25.6 Å². The summed E-state index contributed by atoms with van der Waals surface area (Å²) in [4.78, 5) is 23.9. The van der Waals surface area contributed by atoms with Gasteiger partial charge in [-0.1, -0.05) is 24.3 Å². The first-order valence-electron chi connectivity index (χ1n) is 10.7. The summed E-state index contributed by atoms with van der Waals surface area (Å²) in [6, 6.07) is 20.4. The third-order valence-corrected chi connectivity index (χ3v) is 4.87. The summed E-state index contributed by atoms with van der Waals surface area (Å²) in [5.41, 5.74) is 3.41. The molecule has 3 aromatic rings. The fraction of sp³-hybridized carbons (Fsp3) is 0.154. The van der Waals surface area contributed by atoms with E-state index in [1.165, 1.54) is 18.3 Å². The van der Waals surface area contributed by atoms with Crippen LogP contribution < -0.4 is 15.5 Å². The van der Waals surface area contributed by atoms with E-state index in [4.69, 9.17) is 10.00 Å². The lowest BCUT2D eigenvalue weighted by Crippen LogP contribution is -2.20. The third-order valence-electron chi connectivity index (χ3n) is 4.87. The average Bonchev–Trinajstić information content (AvgIpc) is 2.87. The molecule has 0 aromatic heterocycles. The minimum atomic E-state index is -4.52. The second-order valence-electron chi connectivity index (χ2n) is 7.55. The number of nitrogens with one attached hydrogen (secondary N) is 2. The Hall–Kier alpha value is -4.65. The molecule has 0 aliphatic carbocycles. The first-order valence-corrected chi connectivity index (χ1v) is 10.7. The van der Waals surface area contributed by atoms with Gasteiger partial charge in [0.05, 0.1) is 23.4 Å². The lowest BCUT2D eigenvalue weighted by atomic mass is 10.1. The van der Waals surface area contributed by atoms with Crippen LogP contribution in [0.4, 0.5) is 18.9 Å². The quantitative estimate of drug-likeness (QED) is 0.322. The van der Waals surface area contributed by atoms with Crippen molar-refractivity contribution in [3.05, 3.63) is 95.1 Å². The standard InChI is InChI=1S/C26H21F3N4O3/c27-26(28,29)21-6-3-7-22(14-21)32-24(34)12-13-25(35)33-31-16-18-8-10-23(11-9-18)36-17-20-5-2-1-4-19(20)15-30/h1-11,14,16H,12-13,17H2,(H,32,34)(H,33,35). The van der Waals surface area contributed by atoms with E-state index in [9.17, 15) is 22.8 Å². The molecule has 0 fully saturated rings. The van der Waals surface area contributed by atoms with Crippen LogP contribution in [0.2, 0.25) is 0 Å². The predicted molar refractivity (Wildman–Crippen MR) is 127 cm³/mol. The van der Waals surface area contributed by atoms with E-state index in [0.29, 0.717) is 16.9 Å². The number of alkyl halides is 3. The zero-order chi connectivity index (χ0) is 26.0. The van der Waals surface area contributed by atoms with Gasteiger partial charge in [0.15, 0.2) is 0 Å². The molecule has 10 heteroatoms. The molecule has 7 nitrogen and oxygen atoms in total. The number of carbonyl (C=O) groups is 2. The number of amides is 2. The van der Waals surface area contributed by atoms with E-state index in [1.54, 1.807) is 36.4 Å². The highest BCUT2D eigenvalue weighted by molar-refractivity contribution is 5.93. The van der Waals surface area contributed by atoms with Gasteiger partial charge in [0.25, 0.3) is 0 Å². The molecule has 3 rings (SSSR count). The van der Waals surface area contributed by atoms with Gasteiger partial charge in [0.1, 0.15) is 12.4 Å². The Balaban J connectivity index is 1.41. The van der Waals surface area contributed by atoms with E-state index >= 15 is 0 Å². The first-order chi connectivity index (χ1) is 17.2. The molecule has 184 valence electrons. The number of halogens is 3. The van der Waals surface area contributed by atoms with Crippen LogP contribution in [0.15, 0.2) is 77.9 Å². The molecule has 0 bridgehead atoms. The van der Waals surface area contributed by atoms with Crippen molar-refractivity contribution in [2.24, 2.45) is 5.10 Å². The van der Waals surface area contributed by atoms with Gasteiger partial charge in [-0.25, -0.2) is 5.43 Å². The van der Waals surface area contributed by atoms with Gasteiger partial charge in [-0.2, -0.15) is 23.5 Å². The molecule has 0 unspecified atom stereocenters. The molecule has 0 aliphatic rings. The maximum Gasteiger partial charge on any atom is 0.416 e. The molecule has 0 saturated carbocycles. The minimum absolute atomic E-state index is 0.00467. The van der Waals surface area contributed by atoms with Gasteiger partial charge in [-0.15, -0.1) is 0 Å². The monoisotopic (exact) mass is 494 g/mol. The zero-order valence-electron chi connectivity index (χ0n) is 18.9. The summed E-state index contributed by atoms with van der Waals surface area (Å²) in [6.45, 7) is 0.245. The Bertz CT molecular complexity index is 1280. The maximum atomic E-state index is 12.7. The van der Waals surface area contributed by atoms with Gasteiger partial charge < -0.3 is 10.1 Å². The Morgan fingerprint density at radius 2 is 1.69 bits per heavy atom. The molecule has 0 heterocycles. The molecule has 0 atom stereocenters. The topological polar surface area (TPSA) is 104 Å². The molecular weight excluding hydrogens is 473 g/mol. The van der Waals surface area contributed by atoms with Gasteiger partial charge >= 0.3 is 6.18 Å².